The molecule has 0 amide bonds. The number of anilines is 1. The quantitative estimate of drug-likeness (QED) is 0.783. The van der Waals surface area contributed by atoms with E-state index >= 15 is 0 Å². The summed E-state index contributed by atoms with van der Waals surface area (Å²) in [6, 6.07) is 10.1. The van der Waals surface area contributed by atoms with Crippen LogP contribution in [0.4, 0.5) is 5.95 Å². The van der Waals surface area contributed by atoms with Gasteiger partial charge in [0.1, 0.15) is 0 Å². The molecule has 0 spiro atoms. The van der Waals surface area contributed by atoms with E-state index in [-0.39, 0.29) is 0 Å². The minimum Gasteiger partial charge on any atom is -0.354 e. The summed E-state index contributed by atoms with van der Waals surface area (Å²) in [7, 11) is 0. The molecule has 3 aromatic rings. The van der Waals surface area contributed by atoms with Gasteiger partial charge >= 0.3 is 0 Å². The summed E-state index contributed by atoms with van der Waals surface area (Å²) < 4.78 is 0. The summed E-state index contributed by atoms with van der Waals surface area (Å²) in [4.78, 5) is 13.0. The third-order valence-electron chi connectivity index (χ3n) is 3.15. The van der Waals surface area contributed by atoms with Gasteiger partial charge in [-0.3, -0.25) is 4.98 Å². The Kier molecular flexibility index (Phi) is 3.54. The number of hydrogen-bond donors (Lipinski definition) is 1. The molecule has 0 aliphatic carbocycles. The topological polar surface area (TPSA) is 50.7 Å². The van der Waals surface area contributed by atoms with E-state index in [0.717, 1.165) is 35.0 Å². The van der Waals surface area contributed by atoms with Gasteiger partial charge in [0.05, 0.1) is 5.69 Å². The van der Waals surface area contributed by atoms with E-state index < -0.39 is 0 Å². The van der Waals surface area contributed by atoms with Crippen molar-refractivity contribution in [2.75, 3.05) is 11.9 Å². The predicted octanol–water partition coefficient (Wildman–Crippen LogP) is 3.51. The Balaban J connectivity index is 2.06. The second-order valence-electron chi connectivity index (χ2n) is 4.59. The molecule has 0 unspecified atom stereocenters. The molecule has 0 aliphatic rings. The van der Waals surface area contributed by atoms with Gasteiger partial charge in [-0.2, -0.15) is 0 Å². The lowest BCUT2D eigenvalue weighted by atomic mass is 10.0. The third kappa shape index (κ3) is 2.45. The molecule has 0 saturated carbocycles. The standard InChI is InChI=1S/C16H16N4/c1-2-8-18-16-19-10-7-15(20-16)14-5-3-4-12-11-17-9-6-13(12)14/h3-7,9-11H,2,8H2,1H3,(H,18,19,20). The smallest absolute Gasteiger partial charge is 0.223 e. The molecule has 0 fully saturated rings. The van der Waals surface area contributed by atoms with Crippen molar-refractivity contribution in [2.45, 2.75) is 13.3 Å². The Morgan fingerprint density at radius 2 is 2.05 bits per heavy atom. The fourth-order valence-corrected chi connectivity index (χ4v) is 2.18. The minimum atomic E-state index is 0.676. The Morgan fingerprint density at radius 1 is 1.10 bits per heavy atom. The summed E-state index contributed by atoms with van der Waals surface area (Å²) in [5, 5.41) is 5.49. The van der Waals surface area contributed by atoms with Crippen molar-refractivity contribution in [3.8, 4) is 11.3 Å². The lowest BCUT2D eigenvalue weighted by Crippen LogP contribution is -2.04. The highest BCUT2D eigenvalue weighted by molar-refractivity contribution is 5.95. The predicted molar refractivity (Wildman–Crippen MR) is 81.5 cm³/mol. The molecule has 1 aromatic carbocycles. The van der Waals surface area contributed by atoms with E-state index in [0.29, 0.717) is 5.95 Å². The third-order valence-corrected chi connectivity index (χ3v) is 3.15. The average Bonchev–Trinajstić information content (AvgIpc) is 2.52. The number of pyridine rings is 1. The van der Waals surface area contributed by atoms with Crippen molar-refractivity contribution in [3.05, 3.63) is 48.9 Å². The second kappa shape index (κ2) is 5.65. The highest BCUT2D eigenvalue weighted by Crippen LogP contribution is 2.26. The number of benzene rings is 1. The maximum absolute atomic E-state index is 4.59. The molecule has 1 N–H and O–H groups in total. The Bertz CT molecular complexity index is 719. The normalized spacial score (nSPS) is 10.7. The minimum absolute atomic E-state index is 0.676. The molecular weight excluding hydrogens is 248 g/mol. The zero-order chi connectivity index (χ0) is 13.8. The fourth-order valence-electron chi connectivity index (χ4n) is 2.18. The van der Waals surface area contributed by atoms with Crippen LogP contribution in [-0.4, -0.2) is 21.5 Å². The van der Waals surface area contributed by atoms with Gasteiger partial charge in [0.15, 0.2) is 0 Å². The molecule has 2 aromatic heterocycles. The summed E-state index contributed by atoms with van der Waals surface area (Å²) in [5.41, 5.74) is 2.03. The first-order chi connectivity index (χ1) is 9.88. The van der Waals surface area contributed by atoms with E-state index in [2.05, 4.69) is 39.3 Å². The van der Waals surface area contributed by atoms with Crippen molar-refractivity contribution < 1.29 is 0 Å². The van der Waals surface area contributed by atoms with Crippen LogP contribution in [0, 0.1) is 0 Å². The number of rotatable bonds is 4. The Hall–Kier alpha value is -2.49. The van der Waals surface area contributed by atoms with Crippen LogP contribution < -0.4 is 5.32 Å². The number of fused-ring (bicyclic) bond motifs is 1. The fraction of sp³-hybridized carbons (Fsp3) is 0.188. The van der Waals surface area contributed by atoms with Crippen LogP contribution in [-0.2, 0) is 0 Å². The van der Waals surface area contributed by atoms with Crippen molar-refractivity contribution in [1.82, 2.24) is 15.0 Å². The zero-order valence-electron chi connectivity index (χ0n) is 11.4. The van der Waals surface area contributed by atoms with E-state index in [1.807, 2.05) is 30.6 Å². The van der Waals surface area contributed by atoms with Crippen molar-refractivity contribution >= 4 is 16.7 Å². The van der Waals surface area contributed by atoms with Gasteiger partial charge in [0.2, 0.25) is 5.95 Å². The first kappa shape index (κ1) is 12.5. The summed E-state index contributed by atoms with van der Waals surface area (Å²) in [6.07, 6.45) is 6.52. The van der Waals surface area contributed by atoms with Crippen LogP contribution in [0.15, 0.2) is 48.9 Å². The van der Waals surface area contributed by atoms with E-state index in [4.69, 9.17) is 0 Å². The largest absolute Gasteiger partial charge is 0.354 e. The molecule has 4 nitrogen and oxygen atoms in total. The highest BCUT2D eigenvalue weighted by Gasteiger charge is 2.06. The molecule has 0 atom stereocenters. The lowest BCUT2D eigenvalue weighted by Gasteiger charge is -2.08. The first-order valence-corrected chi connectivity index (χ1v) is 6.78. The van der Waals surface area contributed by atoms with Crippen LogP contribution in [0.3, 0.4) is 0 Å². The van der Waals surface area contributed by atoms with Crippen molar-refractivity contribution in [3.63, 3.8) is 0 Å². The molecule has 0 saturated heterocycles. The van der Waals surface area contributed by atoms with E-state index in [1.165, 1.54) is 0 Å². The van der Waals surface area contributed by atoms with Crippen LogP contribution in [0.25, 0.3) is 22.0 Å². The monoisotopic (exact) mass is 264 g/mol. The molecule has 2 heterocycles. The molecule has 0 bridgehead atoms. The van der Waals surface area contributed by atoms with Crippen LogP contribution >= 0.6 is 0 Å². The van der Waals surface area contributed by atoms with Gasteiger partial charge in [-0.15, -0.1) is 0 Å². The Labute approximate surface area is 117 Å². The van der Waals surface area contributed by atoms with Gasteiger partial charge in [0.25, 0.3) is 0 Å². The molecule has 100 valence electrons. The number of nitrogens with one attached hydrogen (secondary N) is 1. The summed E-state index contributed by atoms with van der Waals surface area (Å²) in [5.74, 6) is 0.676. The van der Waals surface area contributed by atoms with Gasteiger partial charge in [0, 0.05) is 36.1 Å². The number of nitrogens with zero attached hydrogens (tertiary/aromatic N) is 3. The first-order valence-electron chi connectivity index (χ1n) is 6.78. The molecular formula is C16H16N4. The molecule has 20 heavy (non-hydrogen) atoms. The van der Waals surface area contributed by atoms with Gasteiger partial charge in [-0.25, -0.2) is 9.97 Å². The SMILES string of the molecule is CCCNc1nccc(-c2cccc3cnccc23)n1. The molecule has 3 rings (SSSR count). The van der Waals surface area contributed by atoms with Crippen LogP contribution in [0.5, 0.6) is 0 Å². The van der Waals surface area contributed by atoms with Gasteiger partial charge in [-0.1, -0.05) is 25.1 Å². The molecule has 0 radical (unpaired) electrons. The Morgan fingerprint density at radius 3 is 2.95 bits per heavy atom. The average molecular weight is 264 g/mol. The molecule has 4 heteroatoms. The molecule has 0 aliphatic heterocycles. The van der Waals surface area contributed by atoms with E-state index in [1.54, 1.807) is 6.20 Å². The highest BCUT2D eigenvalue weighted by atomic mass is 15.1. The second-order valence-corrected chi connectivity index (χ2v) is 4.59. The van der Waals surface area contributed by atoms with Crippen molar-refractivity contribution in [1.29, 1.82) is 0 Å². The van der Waals surface area contributed by atoms with Gasteiger partial charge < -0.3 is 5.32 Å². The summed E-state index contributed by atoms with van der Waals surface area (Å²) in [6.45, 7) is 3.00. The summed E-state index contributed by atoms with van der Waals surface area (Å²) >= 11 is 0. The van der Waals surface area contributed by atoms with Crippen LogP contribution in [0.1, 0.15) is 13.3 Å². The maximum Gasteiger partial charge on any atom is 0.223 e. The van der Waals surface area contributed by atoms with E-state index in [9.17, 15) is 0 Å². The lowest BCUT2D eigenvalue weighted by molar-refractivity contribution is 0.953. The zero-order valence-corrected chi connectivity index (χ0v) is 11.4. The number of hydrogen-bond acceptors (Lipinski definition) is 4. The number of aromatic nitrogens is 3. The van der Waals surface area contributed by atoms with Gasteiger partial charge in [-0.05, 0) is 23.9 Å². The van der Waals surface area contributed by atoms with Crippen LogP contribution in [0.2, 0.25) is 0 Å². The maximum atomic E-state index is 4.59. The van der Waals surface area contributed by atoms with Crippen molar-refractivity contribution in [2.24, 2.45) is 0 Å².